The molecule has 0 aliphatic heterocycles. The van der Waals surface area contributed by atoms with Crippen molar-refractivity contribution in [2.45, 2.75) is 25.4 Å². The van der Waals surface area contributed by atoms with E-state index in [2.05, 4.69) is 62.6 Å². The van der Waals surface area contributed by atoms with Gasteiger partial charge in [-0.2, -0.15) is 0 Å². The summed E-state index contributed by atoms with van der Waals surface area (Å²) in [6, 6.07) is 24.2. The predicted octanol–water partition coefficient (Wildman–Crippen LogP) is 6.30. The number of anilines is 1. The molecule has 1 aromatic heterocycles. The Morgan fingerprint density at radius 1 is 1.03 bits per heavy atom. The molecule has 1 N–H and O–H groups in total. The first-order chi connectivity index (χ1) is 15.5. The molecule has 0 saturated heterocycles. The third kappa shape index (κ3) is 5.11. The highest BCUT2D eigenvalue weighted by Gasteiger charge is 2.17. The van der Waals surface area contributed by atoms with Gasteiger partial charge in [0.15, 0.2) is 11.0 Å². The second-order valence-corrected chi connectivity index (χ2v) is 9.14. The number of rotatable bonds is 7. The lowest BCUT2D eigenvalue weighted by Gasteiger charge is -2.11. The van der Waals surface area contributed by atoms with Gasteiger partial charge in [-0.1, -0.05) is 67.2 Å². The normalized spacial score (nSPS) is 10.8. The summed E-state index contributed by atoms with van der Waals surface area (Å²) in [4.78, 5) is 12.6. The van der Waals surface area contributed by atoms with Crippen molar-refractivity contribution in [3.8, 4) is 17.1 Å². The van der Waals surface area contributed by atoms with Crippen molar-refractivity contribution < 1.29 is 4.79 Å². The fourth-order valence-electron chi connectivity index (χ4n) is 3.29. The first kappa shape index (κ1) is 22.3. The molecule has 1 amide bonds. The van der Waals surface area contributed by atoms with Crippen molar-refractivity contribution in [2.24, 2.45) is 0 Å². The maximum absolute atomic E-state index is 12.6. The van der Waals surface area contributed by atoms with Crippen LogP contribution in [0.25, 0.3) is 17.1 Å². The predicted molar refractivity (Wildman–Crippen MR) is 134 cm³/mol. The van der Waals surface area contributed by atoms with Crippen LogP contribution in [0.4, 0.5) is 5.69 Å². The van der Waals surface area contributed by atoms with Crippen LogP contribution in [-0.2, 0) is 11.2 Å². The Kier molecular flexibility index (Phi) is 7.07. The number of aryl methyl sites for hydroxylation is 2. The molecule has 0 fully saturated rings. The van der Waals surface area contributed by atoms with E-state index >= 15 is 0 Å². The molecule has 5 nitrogen and oxygen atoms in total. The third-order valence-corrected chi connectivity index (χ3v) is 6.58. The molecule has 4 aromatic rings. The Balaban J connectivity index is 1.59. The zero-order valence-corrected chi connectivity index (χ0v) is 20.3. The molecule has 0 atom stereocenters. The van der Waals surface area contributed by atoms with Crippen LogP contribution in [0, 0.1) is 6.92 Å². The molecule has 0 spiro atoms. The number of hydrogen-bond donors (Lipinski definition) is 1. The van der Waals surface area contributed by atoms with Crippen molar-refractivity contribution >= 4 is 39.3 Å². The summed E-state index contributed by atoms with van der Waals surface area (Å²) in [6.07, 6.45) is 0.977. The minimum atomic E-state index is -0.100. The van der Waals surface area contributed by atoms with Crippen molar-refractivity contribution in [2.75, 3.05) is 11.1 Å². The number of benzene rings is 3. The number of thioether (sulfide) groups is 1. The van der Waals surface area contributed by atoms with Gasteiger partial charge in [-0.15, -0.1) is 10.2 Å². The molecule has 0 saturated carbocycles. The minimum absolute atomic E-state index is 0.100. The van der Waals surface area contributed by atoms with Gasteiger partial charge >= 0.3 is 0 Å². The van der Waals surface area contributed by atoms with Crippen LogP contribution >= 0.6 is 27.7 Å². The van der Waals surface area contributed by atoms with E-state index < -0.39 is 0 Å². The van der Waals surface area contributed by atoms with Gasteiger partial charge in [-0.05, 0) is 64.7 Å². The summed E-state index contributed by atoms with van der Waals surface area (Å²) in [5.41, 5.74) is 5.08. The van der Waals surface area contributed by atoms with Gasteiger partial charge in [0, 0.05) is 15.7 Å². The van der Waals surface area contributed by atoms with Crippen LogP contribution in [0.5, 0.6) is 0 Å². The highest BCUT2D eigenvalue weighted by Crippen LogP contribution is 2.29. The van der Waals surface area contributed by atoms with Gasteiger partial charge in [0.25, 0.3) is 0 Å². The van der Waals surface area contributed by atoms with Crippen LogP contribution in [0.15, 0.2) is 82.4 Å². The van der Waals surface area contributed by atoms with E-state index in [0.717, 1.165) is 39.2 Å². The fraction of sp³-hybridized carbons (Fsp3) is 0.160. The summed E-state index contributed by atoms with van der Waals surface area (Å²) >= 11 is 4.87. The van der Waals surface area contributed by atoms with Crippen molar-refractivity contribution in [3.05, 3.63) is 88.4 Å². The van der Waals surface area contributed by atoms with Crippen molar-refractivity contribution in [1.82, 2.24) is 14.8 Å². The quantitative estimate of drug-likeness (QED) is 0.299. The number of hydrogen-bond acceptors (Lipinski definition) is 4. The van der Waals surface area contributed by atoms with E-state index in [4.69, 9.17) is 0 Å². The van der Waals surface area contributed by atoms with E-state index in [1.54, 1.807) is 0 Å². The number of nitrogens with zero attached hydrogens (tertiary/aromatic N) is 3. The molecule has 0 radical (unpaired) electrons. The van der Waals surface area contributed by atoms with Crippen LogP contribution in [0.2, 0.25) is 0 Å². The van der Waals surface area contributed by atoms with Gasteiger partial charge < -0.3 is 5.32 Å². The van der Waals surface area contributed by atoms with Gasteiger partial charge in [0.1, 0.15) is 0 Å². The summed E-state index contributed by atoms with van der Waals surface area (Å²) in [5.74, 6) is 0.871. The lowest BCUT2D eigenvalue weighted by molar-refractivity contribution is -0.113. The fourth-order valence-corrected chi connectivity index (χ4v) is 4.63. The van der Waals surface area contributed by atoms with Crippen LogP contribution in [0.3, 0.4) is 0 Å². The highest BCUT2D eigenvalue weighted by atomic mass is 79.9. The van der Waals surface area contributed by atoms with Gasteiger partial charge in [0.2, 0.25) is 5.91 Å². The molecule has 0 aliphatic carbocycles. The van der Waals surface area contributed by atoms with Gasteiger partial charge in [-0.25, -0.2) is 0 Å². The largest absolute Gasteiger partial charge is 0.324 e. The van der Waals surface area contributed by atoms with E-state index in [1.807, 2.05) is 60.0 Å². The monoisotopic (exact) mass is 506 g/mol. The highest BCUT2D eigenvalue weighted by molar-refractivity contribution is 9.10. The Bertz CT molecular complexity index is 1220. The number of halogens is 1. The molecule has 32 heavy (non-hydrogen) atoms. The molecular formula is C25H23BrN4OS. The molecule has 0 unspecified atom stereocenters. The average molecular weight is 507 g/mol. The summed E-state index contributed by atoms with van der Waals surface area (Å²) < 4.78 is 2.87. The number of carbonyl (C=O) groups excluding carboxylic acids is 1. The molecule has 1 heterocycles. The first-order valence-electron chi connectivity index (χ1n) is 10.3. The lowest BCUT2D eigenvalue weighted by Crippen LogP contribution is -2.15. The number of carbonyl (C=O) groups is 1. The second kappa shape index (κ2) is 10.1. The standard InChI is InChI=1S/C25H23BrN4OS/c1-3-18-10-12-20(13-11-18)30-24(19-7-5-4-6-8-19)28-29-25(30)32-16-23(31)27-22-14-9-17(2)15-21(22)26/h4-15H,3,16H2,1-2H3,(H,27,31). The number of nitrogens with one attached hydrogen (secondary N) is 1. The molecule has 0 aliphatic rings. The van der Waals surface area contributed by atoms with Crippen molar-refractivity contribution in [3.63, 3.8) is 0 Å². The van der Waals surface area contributed by atoms with Gasteiger partial charge in [-0.3, -0.25) is 9.36 Å². The lowest BCUT2D eigenvalue weighted by atomic mass is 10.1. The number of aromatic nitrogens is 3. The molecule has 7 heteroatoms. The Morgan fingerprint density at radius 3 is 2.47 bits per heavy atom. The SMILES string of the molecule is CCc1ccc(-n2c(SCC(=O)Nc3ccc(C)cc3Br)nnc2-c2ccccc2)cc1. The molecule has 3 aromatic carbocycles. The molecule has 4 rings (SSSR count). The summed E-state index contributed by atoms with van der Waals surface area (Å²) in [7, 11) is 0. The minimum Gasteiger partial charge on any atom is -0.324 e. The average Bonchev–Trinajstić information content (AvgIpc) is 3.24. The van der Waals surface area contributed by atoms with E-state index in [-0.39, 0.29) is 11.7 Å². The number of amides is 1. The molecular weight excluding hydrogens is 484 g/mol. The zero-order valence-electron chi connectivity index (χ0n) is 17.9. The Morgan fingerprint density at radius 2 is 1.78 bits per heavy atom. The van der Waals surface area contributed by atoms with Crippen LogP contribution < -0.4 is 5.32 Å². The molecule has 162 valence electrons. The zero-order chi connectivity index (χ0) is 22.5. The maximum Gasteiger partial charge on any atom is 0.234 e. The van der Waals surface area contributed by atoms with Crippen molar-refractivity contribution in [1.29, 1.82) is 0 Å². The maximum atomic E-state index is 12.6. The van der Waals surface area contributed by atoms with E-state index in [0.29, 0.717) is 5.16 Å². The smallest absolute Gasteiger partial charge is 0.234 e. The first-order valence-corrected chi connectivity index (χ1v) is 12.1. The molecule has 0 bridgehead atoms. The van der Waals surface area contributed by atoms with Crippen LogP contribution in [0.1, 0.15) is 18.1 Å². The van der Waals surface area contributed by atoms with Gasteiger partial charge in [0.05, 0.1) is 11.4 Å². The Labute approximate surface area is 200 Å². The topological polar surface area (TPSA) is 59.8 Å². The summed E-state index contributed by atoms with van der Waals surface area (Å²) in [6.45, 7) is 4.14. The van der Waals surface area contributed by atoms with Crippen LogP contribution in [-0.4, -0.2) is 26.4 Å². The van der Waals surface area contributed by atoms with E-state index in [1.165, 1.54) is 17.3 Å². The summed E-state index contributed by atoms with van der Waals surface area (Å²) in [5, 5.41) is 12.5. The Hall–Kier alpha value is -2.90. The second-order valence-electron chi connectivity index (χ2n) is 7.35. The third-order valence-electron chi connectivity index (χ3n) is 5.00. The van der Waals surface area contributed by atoms with E-state index in [9.17, 15) is 4.79 Å².